The molecule has 0 aromatic heterocycles. The van der Waals surface area contributed by atoms with Crippen molar-refractivity contribution >= 4 is 0 Å². The summed E-state index contributed by atoms with van der Waals surface area (Å²) < 4.78 is 38.1. The summed E-state index contributed by atoms with van der Waals surface area (Å²) >= 11 is 0. The van der Waals surface area contributed by atoms with Crippen LogP contribution in [0.25, 0.3) is 0 Å². The molecule has 3 rings (SSSR count). The first kappa shape index (κ1) is 23.4. The molecule has 2 aromatic rings. The highest BCUT2D eigenvalue weighted by Crippen LogP contribution is 2.28. The lowest BCUT2D eigenvalue weighted by atomic mass is 10.1. The molecule has 0 bridgehead atoms. The van der Waals surface area contributed by atoms with Crippen molar-refractivity contribution < 1.29 is 28.5 Å². The summed E-state index contributed by atoms with van der Waals surface area (Å²) in [6.07, 6.45) is 0.558. The van der Waals surface area contributed by atoms with E-state index in [4.69, 9.17) is 9.47 Å². The van der Waals surface area contributed by atoms with E-state index in [1.165, 1.54) is 13.2 Å². The Kier molecular flexibility index (Phi) is 8.60. The quantitative estimate of drug-likeness (QED) is 0.532. The standard InChI is InChI=1S/C23H30F2N2O4/c1-30-23-10-16(12-26-13-17-11-18(24)3-4-21(17)25)2-5-22(23)31-15-20(29)14-27-8-6-19(28)7-9-27/h2-5,10-11,19-20,26,28-29H,6-9,12-15H2,1H3. The van der Waals surface area contributed by atoms with Gasteiger partial charge in [-0.3, -0.25) is 0 Å². The average Bonchev–Trinajstić information content (AvgIpc) is 2.76. The van der Waals surface area contributed by atoms with Crippen LogP contribution < -0.4 is 14.8 Å². The van der Waals surface area contributed by atoms with Gasteiger partial charge in [0.1, 0.15) is 24.3 Å². The highest BCUT2D eigenvalue weighted by Gasteiger charge is 2.20. The molecule has 31 heavy (non-hydrogen) atoms. The lowest BCUT2D eigenvalue weighted by molar-refractivity contribution is 0.0333. The minimum Gasteiger partial charge on any atom is -0.493 e. The van der Waals surface area contributed by atoms with Crippen molar-refractivity contribution in [2.75, 3.05) is 33.4 Å². The molecule has 3 N–H and O–H groups in total. The summed E-state index contributed by atoms with van der Waals surface area (Å²) in [5, 5.41) is 22.9. The van der Waals surface area contributed by atoms with Crippen molar-refractivity contribution in [1.29, 1.82) is 0 Å². The third-order valence-corrected chi connectivity index (χ3v) is 5.34. The second kappa shape index (κ2) is 11.4. The molecule has 8 heteroatoms. The molecule has 0 aliphatic carbocycles. The van der Waals surface area contributed by atoms with E-state index in [1.54, 1.807) is 6.07 Å². The maximum absolute atomic E-state index is 13.7. The highest BCUT2D eigenvalue weighted by atomic mass is 19.1. The zero-order chi connectivity index (χ0) is 22.2. The molecular formula is C23H30F2N2O4. The Hall–Kier alpha value is -2.26. The van der Waals surface area contributed by atoms with Crippen LogP contribution in [0.2, 0.25) is 0 Å². The van der Waals surface area contributed by atoms with Crippen molar-refractivity contribution in [3.05, 3.63) is 59.2 Å². The summed E-state index contributed by atoms with van der Waals surface area (Å²) in [7, 11) is 1.54. The average molecular weight is 436 g/mol. The number of rotatable bonds is 10. The highest BCUT2D eigenvalue weighted by molar-refractivity contribution is 5.43. The van der Waals surface area contributed by atoms with Crippen LogP contribution in [0.1, 0.15) is 24.0 Å². The molecular weight excluding hydrogens is 406 g/mol. The number of piperidine rings is 1. The second-order valence-corrected chi connectivity index (χ2v) is 7.82. The van der Waals surface area contributed by atoms with Gasteiger partial charge in [-0.2, -0.15) is 0 Å². The summed E-state index contributed by atoms with van der Waals surface area (Å²) in [4.78, 5) is 2.12. The van der Waals surface area contributed by atoms with E-state index in [0.717, 1.165) is 43.6 Å². The van der Waals surface area contributed by atoms with Gasteiger partial charge in [-0.05, 0) is 48.7 Å². The van der Waals surface area contributed by atoms with Gasteiger partial charge in [-0.15, -0.1) is 0 Å². The molecule has 1 unspecified atom stereocenters. The number of hydrogen-bond donors (Lipinski definition) is 3. The third-order valence-electron chi connectivity index (χ3n) is 5.34. The van der Waals surface area contributed by atoms with Crippen LogP contribution >= 0.6 is 0 Å². The maximum Gasteiger partial charge on any atom is 0.161 e. The summed E-state index contributed by atoms with van der Waals surface area (Å²) in [6, 6.07) is 8.81. The number of likely N-dealkylation sites (tertiary alicyclic amines) is 1. The van der Waals surface area contributed by atoms with Crippen LogP contribution in [0.3, 0.4) is 0 Å². The van der Waals surface area contributed by atoms with Crippen LogP contribution in [0.15, 0.2) is 36.4 Å². The molecule has 1 heterocycles. The lowest BCUT2D eigenvalue weighted by Crippen LogP contribution is -2.41. The van der Waals surface area contributed by atoms with Crippen molar-refractivity contribution in [1.82, 2.24) is 10.2 Å². The molecule has 6 nitrogen and oxygen atoms in total. The smallest absolute Gasteiger partial charge is 0.161 e. The van der Waals surface area contributed by atoms with Crippen molar-refractivity contribution in [3.63, 3.8) is 0 Å². The minimum absolute atomic E-state index is 0.131. The Morgan fingerprint density at radius 3 is 2.61 bits per heavy atom. The number of aliphatic hydroxyl groups is 2. The Morgan fingerprint density at radius 2 is 1.87 bits per heavy atom. The van der Waals surface area contributed by atoms with Crippen LogP contribution in [0, 0.1) is 11.6 Å². The van der Waals surface area contributed by atoms with Gasteiger partial charge >= 0.3 is 0 Å². The van der Waals surface area contributed by atoms with Gasteiger partial charge in [0.2, 0.25) is 0 Å². The Bertz CT molecular complexity index is 844. The molecule has 0 saturated carbocycles. The molecule has 1 aliphatic heterocycles. The zero-order valence-electron chi connectivity index (χ0n) is 17.7. The van der Waals surface area contributed by atoms with E-state index in [-0.39, 0.29) is 24.8 Å². The van der Waals surface area contributed by atoms with E-state index in [1.807, 2.05) is 12.1 Å². The number of nitrogens with zero attached hydrogens (tertiary/aromatic N) is 1. The number of hydrogen-bond acceptors (Lipinski definition) is 6. The molecule has 1 saturated heterocycles. The summed E-state index contributed by atoms with van der Waals surface area (Å²) in [5.41, 5.74) is 1.16. The number of nitrogens with one attached hydrogen (secondary N) is 1. The molecule has 1 fully saturated rings. The lowest BCUT2D eigenvalue weighted by Gasteiger charge is -2.30. The molecule has 0 radical (unpaired) electrons. The summed E-state index contributed by atoms with van der Waals surface area (Å²) in [6.45, 7) is 2.80. The number of halogens is 2. The topological polar surface area (TPSA) is 74.2 Å². The Balaban J connectivity index is 1.48. The molecule has 2 aromatic carbocycles. The first-order valence-electron chi connectivity index (χ1n) is 10.5. The Morgan fingerprint density at radius 1 is 1.10 bits per heavy atom. The largest absolute Gasteiger partial charge is 0.493 e. The van der Waals surface area contributed by atoms with E-state index >= 15 is 0 Å². The molecule has 0 amide bonds. The first-order valence-corrected chi connectivity index (χ1v) is 10.5. The van der Waals surface area contributed by atoms with Gasteiger partial charge in [-0.25, -0.2) is 8.78 Å². The van der Waals surface area contributed by atoms with E-state index in [9.17, 15) is 19.0 Å². The fourth-order valence-corrected chi connectivity index (χ4v) is 3.60. The van der Waals surface area contributed by atoms with E-state index < -0.39 is 17.7 Å². The molecule has 0 spiro atoms. The van der Waals surface area contributed by atoms with Gasteiger partial charge in [0.05, 0.1) is 13.2 Å². The fourth-order valence-electron chi connectivity index (χ4n) is 3.60. The van der Waals surface area contributed by atoms with Crippen LogP contribution in [0.5, 0.6) is 11.5 Å². The van der Waals surface area contributed by atoms with Gasteiger partial charge in [0.25, 0.3) is 0 Å². The number of β-amino-alcohol motifs (C(OH)–C–C–N with tert-alkyl or cyclic N) is 1. The molecule has 170 valence electrons. The van der Waals surface area contributed by atoms with Crippen LogP contribution in [-0.4, -0.2) is 60.7 Å². The minimum atomic E-state index is -0.651. The predicted octanol–water partition coefficient (Wildman–Crippen LogP) is 2.46. The SMILES string of the molecule is COc1cc(CNCc2cc(F)ccc2F)ccc1OCC(O)CN1CCC(O)CC1. The van der Waals surface area contributed by atoms with E-state index in [0.29, 0.717) is 24.6 Å². The molecule has 1 atom stereocenters. The van der Waals surface area contributed by atoms with Crippen LogP contribution in [0.4, 0.5) is 8.78 Å². The maximum atomic E-state index is 13.7. The normalized spacial score (nSPS) is 16.3. The number of benzene rings is 2. The fraction of sp³-hybridized carbons (Fsp3) is 0.478. The van der Waals surface area contributed by atoms with Gasteiger partial charge in [-0.1, -0.05) is 6.07 Å². The number of aliphatic hydroxyl groups excluding tert-OH is 2. The monoisotopic (exact) mass is 436 g/mol. The summed E-state index contributed by atoms with van der Waals surface area (Å²) in [5.74, 6) is 0.135. The number of methoxy groups -OCH3 is 1. The van der Waals surface area contributed by atoms with Crippen LogP contribution in [-0.2, 0) is 13.1 Å². The first-order chi connectivity index (χ1) is 14.9. The second-order valence-electron chi connectivity index (χ2n) is 7.82. The number of ether oxygens (including phenoxy) is 2. The van der Waals surface area contributed by atoms with E-state index in [2.05, 4.69) is 10.2 Å². The van der Waals surface area contributed by atoms with Gasteiger partial charge in [0, 0.05) is 38.3 Å². The molecule has 1 aliphatic rings. The Labute approximate surface area is 181 Å². The van der Waals surface area contributed by atoms with Gasteiger partial charge in [0.15, 0.2) is 11.5 Å². The third kappa shape index (κ3) is 7.14. The van der Waals surface area contributed by atoms with Crippen molar-refractivity contribution in [2.24, 2.45) is 0 Å². The van der Waals surface area contributed by atoms with Gasteiger partial charge < -0.3 is 29.9 Å². The van der Waals surface area contributed by atoms with Crippen molar-refractivity contribution in [2.45, 2.75) is 38.1 Å². The zero-order valence-corrected chi connectivity index (χ0v) is 17.7. The predicted molar refractivity (Wildman–Crippen MR) is 113 cm³/mol. The van der Waals surface area contributed by atoms with Crippen molar-refractivity contribution in [3.8, 4) is 11.5 Å².